The summed E-state index contributed by atoms with van der Waals surface area (Å²) < 4.78 is 0. The van der Waals surface area contributed by atoms with E-state index >= 15 is 0 Å². The molecule has 1 amide bonds. The van der Waals surface area contributed by atoms with Crippen molar-refractivity contribution in [2.24, 2.45) is 23.7 Å². The summed E-state index contributed by atoms with van der Waals surface area (Å²) in [5.74, 6) is 3.38. The zero-order valence-corrected chi connectivity index (χ0v) is 17.4. The molecule has 0 aromatic rings. The summed E-state index contributed by atoms with van der Waals surface area (Å²) >= 11 is 0. The fraction of sp³-hybridized carbons (Fsp3) is 0.909. The number of nitrogens with one attached hydrogen (secondary N) is 2. The van der Waals surface area contributed by atoms with Gasteiger partial charge in [-0.2, -0.15) is 0 Å². The van der Waals surface area contributed by atoms with Gasteiger partial charge in [-0.1, -0.05) is 13.8 Å². The van der Waals surface area contributed by atoms with Crippen molar-refractivity contribution >= 4 is 11.7 Å². The van der Waals surface area contributed by atoms with Gasteiger partial charge in [-0.15, -0.1) is 0 Å². The molecule has 4 nitrogen and oxygen atoms in total. The minimum atomic E-state index is 0.126. The highest BCUT2D eigenvalue weighted by Gasteiger charge is 2.32. The van der Waals surface area contributed by atoms with Gasteiger partial charge < -0.3 is 15.4 Å². The van der Waals surface area contributed by atoms with E-state index in [2.05, 4.69) is 31.5 Å². The Labute approximate surface area is 160 Å². The zero-order valence-electron chi connectivity index (χ0n) is 17.4. The lowest BCUT2D eigenvalue weighted by Gasteiger charge is -2.39. The smallest absolute Gasteiger partial charge is 0.220 e. The van der Waals surface area contributed by atoms with E-state index in [0.29, 0.717) is 37.3 Å². The van der Waals surface area contributed by atoms with Gasteiger partial charge in [0.15, 0.2) is 0 Å². The molecule has 2 fully saturated rings. The molecule has 2 saturated carbocycles. The Morgan fingerprint density at radius 1 is 0.885 bits per heavy atom. The molecule has 0 spiro atoms. The van der Waals surface area contributed by atoms with Gasteiger partial charge >= 0.3 is 0 Å². The molecule has 6 atom stereocenters. The van der Waals surface area contributed by atoms with E-state index in [4.69, 9.17) is 0 Å². The van der Waals surface area contributed by atoms with Gasteiger partial charge in [0.25, 0.3) is 0 Å². The molecule has 2 aliphatic carbocycles. The van der Waals surface area contributed by atoms with Crippen molar-refractivity contribution in [3.8, 4) is 0 Å². The minimum Gasteiger partial charge on any atom is -0.353 e. The second-order valence-corrected chi connectivity index (χ2v) is 9.17. The quantitative estimate of drug-likeness (QED) is 0.682. The largest absolute Gasteiger partial charge is 0.353 e. The highest BCUT2D eigenvalue weighted by molar-refractivity contribution is 5.78. The summed E-state index contributed by atoms with van der Waals surface area (Å²) in [6, 6.07) is 1.04. The zero-order chi connectivity index (χ0) is 19.1. The standard InChI is InChI=1S/C22H40N2O2/c1-15-12-18(8-10-20(15)23-4)14-19-9-11-21(16(2)13-19)24-22(26)7-5-6-17(3)25/h15-16,18-21,23H,5-14H2,1-4H3,(H,24,26). The predicted octanol–water partition coefficient (Wildman–Crippen LogP) is 4.08. The van der Waals surface area contributed by atoms with Crippen molar-refractivity contribution < 1.29 is 9.59 Å². The van der Waals surface area contributed by atoms with Crippen molar-refractivity contribution in [3.05, 3.63) is 0 Å². The van der Waals surface area contributed by atoms with E-state index in [0.717, 1.165) is 24.2 Å². The molecule has 0 aromatic carbocycles. The average molecular weight is 365 g/mol. The Bertz CT molecular complexity index is 465. The summed E-state index contributed by atoms with van der Waals surface area (Å²) in [4.78, 5) is 23.1. The molecule has 4 heteroatoms. The fourth-order valence-electron chi connectivity index (χ4n) is 5.34. The van der Waals surface area contributed by atoms with Crippen LogP contribution in [0.5, 0.6) is 0 Å². The van der Waals surface area contributed by atoms with Crippen molar-refractivity contribution in [1.29, 1.82) is 0 Å². The molecule has 6 unspecified atom stereocenters. The van der Waals surface area contributed by atoms with Crippen molar-refractivity contribution in [2.75, 3.05) is 7.05 Å². The first-order valence-electron chi connectivity index (χ1n) is 10.8. The third-order valence-corrected chi connectivity index (χ3v) is 6.87. The molecule has 0 heterocycles. The van der Waals surface area contributed by atoms with Crippen LogP contribution in [-0.2, 0) is 9.59 Å². The van der Waals surface area contributed by atoms with Crippen LogP contribution in [0.1, 0.15) is 85.0 Å². The van der Waals surface area contributed by atoms with Crippen LogP contribution in [0.15, 0.2) is 0 Å². The van der Waals surface area contributed by atoms with Crippen LogP contribution in [0.2, 0.25) is 0 Å². The number of hydrogen-bond donors (Lipinski definition) is 2. The van der Waals surface area contributed by atoms with Crippen LogP contribution < -0.4 is 10.6 Å². The molecule has 2 N–H and O–H groups in total. The highest BCUT2D eigenvalue weighted by atomic mass is 16.1. The molecule has 0 aromatic heterocycles. The van der Waals surface area contributed by atoms with E-state index in [1.165, 1.54) is 38.5 Å². The third kappa shape index (κ3) is 6.68. The molecule has 0 bridgehead atoms. The van der Waals surface area contributed by atoms with Gasteiger partial charge in [-0.25, -0.2) is 0 Å². The van der Waals surface area contributed by atoms with Crippen LogP contribution in [0.3, 0.4) is 0 Å². The maximum atomic E-state index is 12.1. The normalized spacial score (nSPS) is 35.1. The lowest BCUT2D eigenvalue weighted by molar-refractivity contribution is -0.122. The van der Waals surface area contributed by atoms with Gasteiger partial charge in [0.05, 0.1) is 0 Å². The van der Waals surface area contributed by atoms with Crippen LogP contribution in [0.25, 0.3) is 0 Å². The molecule has 0 saturated heterocycles. The Balaban J connectivity index is 1.69. The monoisotopic (exact) mass is 364 g/mol. The van der Waals surface area contributed by atoms with E-state index in [-0.39, 0.29) is 11.7 Å². The van der Waals surface area contributed by atoms with Gasteiger partial charge in [0.1, 0.15) is 5.78 Å². The number of ketones is 1. The molecule has 0 radical (unpaired) electrons. The average Bonchev–Trinajstić information content (AvgIpc) is 2.57. The molecule has 2 aliphatic rings. The Morgan fingerprint density at radius 3 is 1.96 bits per heavy atom. The third-order valence-electron chi connectivity index (χ3n) is 6.87. The first-order chi connectivity index (χ1) is 12.4. The minimum absolute atomic E-state index is 0.126. The molecule has 26 heavy (non-hydrogen) atoms. The SMILES string of the molecule is CNC1CCC(CC2CCC(NC(=O)CCCC(C)=O)C(C)C2)CC1C. The van der Waals surface area contributed by atoms with E-state index < -0.39 is 0 Å². The van der Waals surface area contributed by atoms with Crippen molar-refractivity contribution in [1.82, 2.24) is 10.6 Å². The summed E-state index contributed by atoms with van der Waals surface area (Å²) in [5, 5.41) is 6.70. The Morgan fingerprint density at radius 2 is 1.46 bits per heavy atom. The van der Waals surface area contributed by atoms with Gasteiger partial charge in [0.2, 0.25) is 5.91 Å². The summed E-state index contributed by atoms with van der Waals surface area (Å²) in [6.45, 7) is 6.29. The maximum Gasteiger partial charge on any atom is 0.220 e. The van der Waals surface area contributed by atoms with Gasteiger partial charge in [0, 0.05) is 24.9 Å². The van der Waals surface area contributed by atoms with Crippen LogP contribution in [0, 0.1) is 23.7 Å². The van der Waals surface area contributed by atoms with Crippen LogP contribution in [-0.4, -0.2) is 30.8 Å². The van der Waals surface area contributed by atoms with Crippen LogP contribution >= 0.6 is 0 Å². The second kappa shape index (κ2) is 10.4. The van der Waals surface area contributed by atoms with Crippen molar-refractivity contribution in [3.63, 3.8) is 0 Å². The number of Topliss-reactive ketones (excluding diaryl/α,β-unsaturated/α-hetero) is 1. The van der Waals surface area contributed by atoms with E-state index in [1.807, 2.05) is 0 Å². The lowest BCUT2D eigenvalue weighted by Crippen LogP contribution is -2.43. The molecular formula is C22H40N2O2. The maximum absolute atomic E-state index is 12.1. The summed E-state index contributed by atoms with van der Waals surface area (Å²) in [7, 11) is 2.10. The van der Waals surface area contributed by atoms with E-state index in [1.54, 1.807) is 6.92 Å². The first-order valence-corrected chi connectivity index (χ1v) is 10.8. The Hall–Kier alpha value is -0.900. The lowest BCUT2D eigenvalue weighted by atomic mass is 9.70. The first kappa shape index (κ1) is 21.4. The topological polar surface area (TPSA) is 58.2 Å². The number of amides is 1. The number of carbonyl (C=O) groups is 2. The van der Waals surface area contributed by atoms with Crippen molar-refractivity contribution in [2.45, 2.75) is 97.1 Å². The van der Waals surface area contributed by atoms with E-state index in [9.17, 15) is 9.59 Å². The van der Waals surface area contributed by atoms with Gasteiger partial charge in [-0.3, -0.25) is 4.79 Å². The highest BCUT2D eigenvalue weighted by Crippen LogP contribution is 2.38. The van der Waals surface area contributed by atoms with Crippen LogP contribution in [0.4, 0.5) is 0 Å². The molecule has 0 aliphatic heterocycles. The summed E-state index contributed by atoms with van der Waals surface area (Å²) in [5.41, 5.74) is 0. The fourth-order valence-corrected chi connectivity index (χ4v) is 5.34. The number of rotatable bonds is 8. The summed E-state index contributed by atoms with van der Waals surface area (Å²) in [6.07, 6.45) is 10.7. The second-order valence-electron chi connectivity index (χ2n) is 9.17. The molecule has 2 rings (SSSR count). The number of hydrogen-bond acceptors (Lipinski definition) is 3. The molecular weight excluding hydrogens is 324 g/mol. The van der Waals surface area contributed by atoms with Gasteiger partial charge in [-0.05, 0) is 89.0 Å². The number of carbonyl (C=O) groups excluding carboxylic acids is 2. The Kier molecular flexibility index (Phi) is 8.59. The molecule has 150 valence electrons. The predicted molar refractivity (Wildman–Crippen MR) is 107 cm³/mol.